The van der Waals surface area contributed by atoms with E-state index in [4.69, 9.17) is 16.2 Å². The van der Waals surface area contributed by atoms with Gasteiger partial charge in [-0.2, -0.15) is 0 Å². The molecule has 1 aromatic heterocycles. The third-order valence-corrected chi connectivity index (χ3v) is 3.05. The van der Waals surface area contributed by atoms with Crippen molar-refractivity contribution in [3.05, 3.63) is 29.5 Å². The number of primary amides is 1. The van der Waals surface area contributed by atoms with Gasteiger partial charge in [-0.3, -0.25) is 10.5 Å². The van der Waals surface area contributed by atoms with E-state index in [1.54, 1.807) is 32.0 Å². The predicted molar refractivity (Wildman–Crippen MR) is 76.9 cm³/mol. The maximum atomic E-state index is 12.3. The Balaban J connectivity index is 0.00000264. The first-order valence-corrected chi connectivity index (χ1v) is 6.50. The number of para-hydroxylation sites is 1. The van der Waals surface area contributed by atoms with Crippen LogP contribution in [0.3, 0.4) is 0 Å². The van der Waals surface area contributed by atoms with E-state index in [0.29, 0.717) is 16.6 Å². The van der Waals surface area contributed by atoms with Crippen molar-refractivity contribution < 1.29 is 40.7 Å². The fourth-order valence-electron chi connectivity index (χ4n) is 2.06. The maximum absolute atomic E-state index is 12.3. The van der Waals surface area contributed by atoms with Gasteiger partial charge in [-0.15, -0.1) is 4.57 Å². The van der Waals surface area contributed by atoms with Gasteiger partial charge in [0.25, 0.3) is 5.91 Å². The molecule has 9 heteroatoms. The van der Waals surface area contributed by atoms with E-state index < -0.39 is 17.8 Å². The monoisotopic (exact) mass is 382 g/mol. The van der Waals surface area contributed by atoms with Gasteiger partial charge in [-0.1, -0.05) is 12.1 Å². The van der Waals surface area contributed by atoms with E-state index in [9.17, 15) is 14.4 Å². The number of halogens is 1. The predicted octanol–water partition coefficient (Wildman–Crippen LogP) is -3.28. The van der Waals surface area contributed by atoms with Gasteiger partial charge in [0.05, 0.1) is 6.61 Å². The van der Waals surface area contributed by atoms with Crippen LogP contribution in [0.15, 0.2) is 18.2 Å². The van der Waals surface area contributed by atoms with Crippen molar-refractivity contribution >= 4 is 34.6 Å². The minimum absolute atomic E-state index is 0. The number of anilines is 1. The van der Waals surface area contributed by atoms with Crippen LogP contribution < -0.4 is 33.0 Å². The lowest BCUT2D eigenvalue weighted by Crippen LogP contribution is -3.00. The molecule has 0 saturated heterocycles. The molecule has 0 aliphatic carbocycles. The molecule has 0 atom stereocenters. The minimum Gasteiger partial charge on any atom is -1.00 e. The van der Waals surface area contributed by atoms with Gasteiger partial charge in [0.15, 0.2) is 5.52 Å². The van der Waals surface area contributed by atoms with E-state index in [2.05, 4.69) is 4.98 Å². The standard InChI is InChI=1S/C14H14N4O4.BrH/c1-3-22-14(21)13(20)18-8-6-4-5-7(2)9(8)17-10(11(18)15)12(16)19;/h4-6,15H,3H2,1-2H3,(H2,16,19);1H. The third kappa shape index (κ3) is 3.29. The molecular weight excluding hydrogens is 368 g/mol. The SMILES string of the molecule is CCOC(=O)C(=O)[n+]1c(N)c(C(N)=O)nc2c(C)cccc21.[Br-]. The van der Waals surface area contributed by atoms with Crippen molar-refractivity contribution in [2.75, 3.05) is 12.3 Å². The second-order valence-electron chi connectivity index (χ2n) is 4.51. The average Bonchev–Trinajstić information content (AvgIpc) is 2.46. The van der Waals surface area contributed by atoms with Crippen LogP contribution in [0.5, 0.6) is 0 Å². The van der Waals surface area contributed by atoms with E-state index in [1.165, 1.54) is 0 Å². The number of aryl methyl sites for hydroxylation is 1. The molecule has 0 bridgehead atoms. The molecule has 1 heterocycles. The van der Waals surface area contributed by atoms with Gasteiger partial charge in [0, 0.05) is 0 Å². The number of hydrogen-bond acceptors (Lipinski definition) is 6. The van der Waals surface area contributed by atoms with E-state index in [1.807, 2.05) is 0 Å². The van der Waals surface area contributed by atoms with Crippen molar-refractivity contribution in [1.82, 2.24) is 4.98 Å². The Hall–Kier alpha value is -2.55. The Morgan fingerprint density at radius 2 is 1.96 bits per heavy atom. The largest absolute Gasteiger partial charge is 1.00 e. The van der Waals surface area contributed by atoms with Gasteiger partial charge in [-0.05, 0) is 25.5 Å². The van der Waals surface area contributed by atoms with Gasteiger partial charge in [0.1, 0.15) is 5.52 Å². The van der Waals surface area contributed by atoms with E-state index >= 15 is 0 Å². The molecule has 122 valence electrons. The lowest BCUT2D eigenvalue weighted by atomic mass is 10.1. The zero-order chi connectivity index (χ0) is 16.4. The fraction of sp³-hybridized carbons (Fsp3) is 0.214. The molecular formula is C14H15BrN4O4. The Morgan fingerprint density at radius 1 is 1.30 bits per heavy atom. The molecule has 4 N–H and O–H groups in total. The van der Waals surface area contributed by atoms with Crippen LogP contribution in [0.25, 0.3) is 11.0 Å². The van der Waals surface area contributed by atoms with Crippen molar-refractivity contribution in [3.63, 3.8) is 0 Å². The van der Waals surface area contributed by atoms with Crippen LogP contribution in [-0.4, -0.2) is 29.4 Å². The normalized spacial score (nSPS) is 10.0. The number of benzene rings is 1. The highest BCUT2D eigenvalue weighted by Crippen LogP contribution is 2.16. The summed E-state index contributed by atoms with van der Waals surface area (Å²) in [5, 5.41) is 0. The Kier molecular flexibility index (Phi) is 5.74. The van der Waals surface area contributed by atoms with Gasteiger partial charge < -0.3 is 27.5 Å². The maximum Gasteiger partial charge on any atom is 0.424 e. The zero-order valence-electron chi connectivity index (χ0n) is 12.5. The number of nitrogen functional groups attached to an aromatic ring is 1. The highest BCUT2D eigenvalue weighted by Gasteiger charge is 2.32. The van der Waals surface area contributed by atoms with E-state index in [0.717, 1.165) is 4.57 Å². The van der Waals surface area contributed by atoms with Crippen molar-refractivity contribution in [2.45, 2.75) is 13.8 Å². The van der Waals surface area contributed by atoms with Gasteiger partial charge in [-0.25, -0.2) is 14.6 Å². The topological polar surface area (TPSA) is 129 Å². The lowest BCUT2D eigenvalue weighted by Gasteiger charge is -2.08. The number of nitrogens with two attached hydrogens (primary N) is 2. The molecule has 0 aliphatic rings. The van der Waals surface area contributed by atoms with Crippen LogP contribution in [0, 0.1) is 6.92 Å². The quantitative estimate of drug-likeness (QED) is 0.318. The number of esters is 1. The molecule has 0 spiro atoms. The molecule has 2 aromatic rings. The molecule has 2 rings (SSSR count). The second kappa shape index (κ2) is 7.14. The fourth-order valence-corrected chi connectivity index (χ4v) is 2.06. The second-order valence-corrected chi connectivity index (χ2v) is 4.51. The van der Waals surface area contributed by atoms with Crippen LogP contribution in [-0.2, 0) is 9.53 Å². The Labute approximate surface area is 142 Å². The van der Waals surface area contributed by atoms with Crippen molar-refractivity contribution in [1.29, 1.82) is 0 Å². The van der Waals surface area contributed by atoms with E-state index in [-0.39, 0.29) is 35.1 Å². The molecule has 1 aromatic carbocycles. The number of hydrogen-bond donors (Lipinski definition) is 2. The van der Waals surface area contributed by atoms with Gasteiger partial charge >= 0.3 is 17.7 Å². The minimum atomic E-state index is -1.08. The van der Waals surface area contributed by atoms with Gasteiger partial charge in [0.2, 0.25) is 5.69 Å². The summed E-state index contributed by atoms with van der Waals surface area (Å²) in [6.07, 6.45) is 0. The molecule has 0 fully saturated rings. The summed E-state index contributed by atoms with van der Waals surface area (Å²) in [4.78, 5) is 39.6. The number of fused-ring (bicyclic) bond motifs is 1. The Morgan fingerprint density at radius 3 is 2.52 bits per heavy atom. The molecule has 8 nitrogen and oxygen atoms in total. The summed E-state index contributed by atoms with van der Waals surface area (Å²) >= 11 is 0. The van der Waals surface area contributed by atoms with Crippen LogP contribution in [0.2, 0.25) is 0 Å². The zero-order valence-corrected chi connectivity index (χ0v) is 14.1. The number of nitrogens with zero attached hydrogens (tertiary/aromatic N) is 2. The molecule has 0 unspecified atom stereocenters. The summed E-state index contributed by atoms with van der Waals surface area (Å²) in [6, 6.07) is 4.99. The Bertz CT molecular complexity index is 807. The third-order valence-electron chi connectivity index (χ3n) is 3.05. The van der Waals surface area contributed by atoms with Crippen molar-refractivity contribution in [3.8, 4) is 0 Å². The highest BCUT2D eigenvalue weighted by molar-refractivity contribution is 6.29. The summed E-state index contributed by atoms with van der Waals surface area (Å²) in [5.41, 5.74) is 12.1. The van der Waals surface area contributed by atoms with Crippen molar-refractivity contribution in [2.24, 2.45) is 5.73 Å². The number of carbonyl (C=O) groups is 3. The number of aromatic nitrogens is 2. The molecule has 0 aliphatic heterocycles. The summed E-state index contributed by atoms with van der Waals surface area (Å²) < 4.78 is 5.59. The van der Waals surface area contributed by atoms with Crippen LogP contribution >= 0.6 is 0 Å². The molecule has 23 heavy (non-hydrogen) atoms. The summed E-state index contributed by atoms with van der Waals surface area (Å²) in [7, 11) is 0. The smallest absolute Gasteiger partial charge is 0.424 e. The number of ether oxygens (including phenoxy) is 1. The molecule has 1 amide bonds. The molecule has 0 radical (unpaired) electrons. The van der Waals surface area contributed by atoms with Crippen LogP contribution in [0.4, 0.5) is 5.82 Å². The van der Waals surface area contributed by atoms with Crippen LogP contribution in [0.1, 0.15) is 27.8 Å². The number of rotatable bonds is 2. The number of carbonyl (C=O) groups excluding carboxylic acids is 3. The first-order chi connectivity index (χ1) is 10.4. The summed E-state index contributed by atoms with van der Waals surface area (Å²) in [6.45, 7) is 3.36. The first-order valence-electron chi connectivity index (χ1n) is 6.50. The lowest BCUT2D eigenvalue weighted by molar-refractivity contribution is -0.526. The molecule has 0 saturated carbocycles. The average molecular weight is 383 g/mol. The first kappa shape index (κ1) is 18.5. The summed E-state index contributed by atoms with van der Waals surface area (Å²) in [5.74, 6) is -3.29. The number of amides is 1. The highest BCUT2D eigenvalue weighted by atomic mass is 79.9.